The molecule has 0 saturated carbocycles. The van der Waals surface area contributed by atoms with Gasteiger partial charge >= 0.3 is 0 Å². The maximum absolute atomic E-state index is 12.4. The molecule has 1 saturated heterocycles. The molecule has 5 nitrogen and oxygen atoms in total. The number of benzene rings is 1. The van der Waals surface area contributed by atoms with Crippen LogP contribution < -0.4 is 4.90 Å². The Morgan fingerprint density at radius 2 is 1.62 bits per heavy atom. The third-order valence-corrected chi connectivity index (χ3v) is 4.21. The number of nitrogens with zero attached hydrogens (tertiary/aromatic N) is 4. The van der Waals surface area contributed by atoms with E-state index < -0.39 is 0 Å². The summed E-state index contributed by atoms with van der Waals surface area (Å²) >= 11 is 2.24. The number of amides is 1. The Hall–Kier alpha value is -1.70. The van der Waals surface area contributed by atoms with E-state index in [9.17, 15) is 4.79 Å². The minimum absolute atomic E-state index is 0.0973. The number of halogens is 1. The van der Waals surface area contributed by atoms with Gasteiger partial charge in [0.15, 0.2) is 0 Å². The molecule has 0 radical (unpaired) electrons. The summed E-state index contributed by atoms with van der Waals surface area (Å²) in [7, 11) is 0. The highest BCUT2D eigenvalue weighted by Gasteiger charge is 2.23. The predicted octanol–water partition coefficient (Wildman–Crippen LogP) is 2.04. The Kier molecular flexibility index (Phi) is 4.33. The highest BCUT2D eigenvalue weighted by molar-refractivity contribution is 14.1. The summed E-state index contributed by atoms with van der Waals surface area (Å²) < 4.78 is 1.13. The van der Waals surface area contributed by atoms with Crippen molar-refractivity contribution >= 4 is 34.4 Å². The third kappa shape index (κ3) is 3.31. The van der Waals surface area contributed by atoms with Crippen LogP contribution >= 0.6 is 22.6 Å². The van der Waals surface area contributed by atoms with Crippen molar-refractivity contribution in [2.75, 3.05) is 31.1 Å². The summed E-state index contributed by atoms with van der Waals surface area (Å²) in [6, 6.07) is 9.50. The molecule has 0 aliphatic carbocycles. The van der Waals surface area contributed by atoms with Gasteiger partial charge < -0.3 is 9.80 Å². The van der Waals surface area contributed by atoms with Gasteiger partial charge in [0.1, 0.15) is 0 Å². The van der Waals surface area contributed by atoms with Crippen molar-refractivity contribution in [3.63, 3.8) is 0 Å². The molecule has 2 aromatic rings. The molecule has 1 amide bonds. The number of piperazine rings is 1. The van der Waals surface area contributed by atoms with Crippen molar-refractivity contribution < 1.29 is 4.79 Å². The highest BCUT2D eigenvalue weighted by Crippen LogP contribution is 2.13. The fourth-order valence-electron chi connectivity index (χ4n) is 2.34. The zero-order chi connectivity index (χ0) is 14.7. The number of anilines is 1. The second kappa shape index (κ2) is 6.38. The van der Waals surface area contributed by atoms with Crippen LogP contribution in [0.4, 0.5) is 5.95 Å². The number of carbonyl (C=O) groups excluding carboxylic acids is 1. The zero-order valence-corrected chi connectivity index (χ0v) is 13.6. The number of hydrogen-bond donors (Lipinski definition) is 0. The maximum Gasteiger partial charge on any atom is 0.253 e. The molecule has 0 unspecified atom stereocenters. The molecule has 1 aliphatic heterocycles. The molecule has 1 aliphatic rings. The first-order chi connectivity index (χ1) is 10.2. The number of rotatable bonds is 2. The lowest BCUT2D eigenvalue weighted by Crippen LogP contribution is -2.49. The fraction of sp³-hybridized carbons (Fsp3) is 0.267. The van der Waals surface area contributed by atoms with Crippen LogP contribution in [0.3, 0.4) is 0 Å². The number of aromatic nitrogens is 2. The molecule has 2 heterocycles. The normalized spacial score (nSPS) is 15.1. The van der Waals surface area contributed by atoms with E-state index in [1.807, 2.05) is 29.2 Å². The Balaban J connectivity index is 1.63. The molecule has 0 atom stereocenters. The first-order valence-corrected chi connectivity index (χ1v) is 7.89. The zero-order valence-electron chi connectivity index (χ0n) is 11.4. The predicted molar refractivity (Wildman–Crippen MR) is 89.3 cm³/mol. The van der Waals surface area contributed by atoms with E-state index in [4.69, 9.17) is 0 Å². The van der Waals surface area contributed by atoms with Crippen LogP contribution in [0.25, 0.3) is 0 Å². The minimum Gasteiger partial charge on any atom is -0.337 e. The average molecular weight is 394 g/mol. The van der Waals surface area contributed by atoms with E-state index in [-0.39, 0.29) is 5.91 Å². The smallest absolute Gasteiger partial charge is 0.253 e. The van der Waals surface area contributed by atoms with E-state index in [1.165, 1.54) is 0 Å². The molecular weight excluding hydrogens is 379 g/mol. The largest absolute Gasteiger partial charge is 0.337 e. The Labute approximate surface area is 137 Å². The summed E-state index contributed by atoms with van der Waals surface area (Å²) in [4.78, 5) is 24.9. The Bertz CT molecular complexity index is 609. The molecule has 108 valence electrons. The van der Waals surface area contributed by atoms with Gasteiger partial charge in [0.25, 0.3) is 5.91 Å². The van der Waals surface area contributed by atoms with E-state index in [2.05, 4.69) is 37.5 Å². The van der Waals surface area contributed by atoms with Gasteiger partial charge in [0.05, 0.1) is 0 Å². The van der Waals surface area contributed by atoms with Crippen molar-refractivity contribution in [2.45, 2.75) is 0 Å². The molecule has 1 fully saturated rings. The maximum atomic E-state index is 12.4. The van der Waals surface area contributed by atoms with E-state index in [1.54, 1.807) is 18.5 Å². The lowest BCUT2D eigenvalue weighted by atomic mass is 10.2. The van der Waals surface area contributed by atoms with Crippen LogP contribution in [-0.2, 0) is 0 Å². The molecule has 0 N–H and O–H groups in total. The van der Waals surface area contributed by atoms with Crippen LogP contribution in [0.2, 0.25) is 0 Å². The van der Waals surface area contributed by atoms with E-state index in [0.29, 0.717) is 13.1 Å². The van der Waals surface area contributed by atoms with Gasteiger partial charge in [-0.1, -0.05) is 0 Å². The van der Waals surface area contributed by atoms with Crippen LogP contribution in [0.1, 0.15) is 10.4 Å². The molecule has 3 rings (SSSR count). The molecule has 0 spiro atoms. The minimum atomic E-state index is 0.0973. The van der Waals surface area contributed by atoms with Gasteiger partial charge in [-0.3, -0.25) is 4.79 Å². The Morgan fingerprint density at radius 1 is 1.00 bits per heavy atom. The fourth-order valence-corrected chi connectivity index (χ4v) is 2.70. The summed E-state index contributed by atoms with van der Waals surface area (Å²) in [6.45, 7) is 2.92. The lowest BCUT2D eigenvalue weighted by molar-refractivity contribution is 0.0746. The number of hydrogen-bond acceptors (Lipinski definition) is 4. The van der Waals surface area contributed by atoms with Crippen LogP contribution in [0, 0.1) is 3.57 Å². The summed E-state index contributed by atoms with van der Waals surface area (Å²) in [5, 5.41) is 0. The van der Waals surface area contributed by atoms with Crippen molar-refractivity contribution in [2.24, 2.45) is 0 Å². The highest BCUT2D eigenvalue weighted by atomic mass is 127. The Morgan fingerprint density at radius 3 is 2.24 bits per heavy atom. The van der Waals surface area contributed by atoms with Gasteiger partial charge in [-0.05, 0) is 52.9 Å². The standard InChI is InChI=1S/C15H15IN4O/c16-13-4-2-12(3-5-13)14(21)19-8-10-20(11-9-19)15-17-6-1-7-18-15/h1-7H,8-11H2. The average Bonchev–Trinajstić information content (AvgIpc) is 2.56. The molecule has 1 aromatic carbocycles. The van der Waals surface area contributed by atoms with Gasteiger partial charge in [-0.15, -0.1) is 0 Å². The van der Waals surface area contributed by atoms with Crippen molar-refractivity contribution in [1.29, 1.82) is 0 Å². The molecular formula is C15H15IN4O. The second-order valence-electron chi connectivity index (χ2n) is 4.83. The van der Waals surface area contributed by atoms with Crippen molar-refractivity contribution in [3.8, 4) is 0 Å². The van der Waals surface area contributed by atoms with Gasteiger partial charge in [0, 0.05) is 47.7 Å². The molecule has 21 heavy (non-hydrogen) atoms. The molecule has 6 heteroatoms. The summed E-state index contributed by atoms with van der Waals surface area (Å²) in [6.07, 6.45) is 3.48. The quantitative estimate of drug-likeness (QED) is 0.732. The molecule has 0 bridgehead atoms. The first-order valence-electron chi connectivity index (χ1n) is 6.81. The van der Waals surface area contributed by atoms with Crippen LogP contribution in [0.5, 0.6) is 0 Å². The first kappa shape index (κ1) is 14.2. The van der Waals surface area contributed by atoms with E-state index >= 15 is 0 Å². The van der Waals surface area contributed by atoms with Crippen LogP contribution in [-0.4, -0.2) is 47.0 Å². The SMILES string of the molecule is O=C(c1ccc(I)cc1)N1CCN(c2ncccn2)CC1. The van der Waals surface area contributed by atoms with Gasteiger partial charge in [-0.2, -0.15) is 0 Å². The van der Waals surface area contributed by atoms with Gasteiger partial charge in [-0.25, -0.2) is 9.97 Å². The summed E-state index contributed by atoms with van der Waals surface area (Å²) in [5.41, 5.74) is 0.750. The van der Waals surface area contributed by atoms with Gasteiger partial charge in [0.2, 0.25) is 5.95 Å². The number of carbonyl (C=O) groups is 1. The van der Waals surface area contributed by atoms with Crippen molar-refractivity contribution in [1.82, 2.24) is 14.9 Å². The third-order valence-electron chi connectivity index (χ3n) is 3.49. The summed E-state index contributed by atoms with van der Waals surface area (Å²) in [5.74, 6) is 0.832. The topological polar surface area (TPSA) is 49.3 Å². The second-order valence-corrected chi connectivity index (χ2v) is 6.08. The van der Waals surface area contributed by atoms with E-state index in [0.717, 1.165) is 28.2 Å². The lowest BCUT2D eigenvalue weighted by Gasteiger charge is -2.34. The molecule has 1 aromatic heterocycles. The monoisotopic (exact) mass is 394 g/mol. The van der Waals surface area contributed by atoms with Crippen molar-refractivity contribution in [3.05, 3.63) is 51.9 Å². The van der Waals surface area contributed by atoms with Crippen LogP contribution in [0.15, 0.2) is 42.7 Å².